The molecule has 30 heavy (non-hydrogen) atoms. The quantitative estimate of drug-likeness (QED) is 0.321. The normalized spacial score (nSPS) is 11.1. The fourth-order valence-corrected chi connectivity index (χ4v) is 3.88. The third kappa shape index (κ3) is 5.67. The van der Waals surface area contributed by atoms with Crippen LogP contribution in [0.2, 0.25) is 0 Å². The molecule has 0 atom stereocenters. The third-order valence-corrected chi connectivity index (χ3v) is 5.53. The Morgan fingerprint density at radius 1 is 0.900 bits per heavy atom. The van der Waals surface area contributed by atoms with Gasteiger partial charge in [0.05, 0.1) is 19.9 Å². The number of amides is 1. The lowest BCUT2D eigenvalue weighted by molar-refractivity contribution is -0.115. The number of nitrogens with zero attached hydrogens (tertiary/aromatic N) is 1. The number of hydrogen-bond acceptors (Lipinski definition) is 4. The van der Waals surface area contributed by atoms with Gasteiger partial charge in [0.15, 0.2) is 11.5 Å². The molecule has 0 bridgehead atoms. The standard InChI is InChI=1S/C25H25NO3S/c1-28-24-14-13-20(17-25(24)29-2)15-16-26(19-27)23(21-9-5-3-6-10-21)18-30-22-11-7-4-8-12-22/h3-14,17-19H,15-16H2,1-2H3/b23-18+. The highest BCUT2D eigenvalue weighted by molar-refractivity contribution is 8.02. The molecule has 0 saturated carbocycles. The van der Waals surface area contributed by atoms with Gasteiger partial charge in [-0.2, -0.15) is 0 Å². The van der Waals surface area contributed by atoms with E-state index in [4.69, 9.17) is 9.47 Å². The topological polar surface area (TPSA) is 38.8 Å². The van der Waals surface area contributed by atoms with E-state index >= 15 is 0 Å². The van der Waals surface area contributed by atoms with Crippen LogP contribution in [0, 0.1) is 0 Å². The first-order chi connectivity index (χ1) is 14.7. The Hall–Kier alpha value is -3.18. The van der Waals surface area contributed by atoms with Crippen LogP contribution in [0.15, 0.2) is 89.2 Å². The minimum atomic E-state index is 0.551. The molecule has 0 radical (unpaired) electrons. The molecule has 0 aromatic heterocycles. The van der Waals surface area contributed by atoms with Crippen LogP contribution in [0.25, 0.3) is 5.70 Å². The van der Waals surface area contributed by atoms with Gasteiger partial charge < -0.3 is 14.4 Å². The van der Waals surface area contributed by atoms with Crippen LogP contribution in [0.1, 0.15) is 11.1 Å². The molecule has 0 aliphatic rings. The maximum absolute atomic E-state index is 12.0. The average molecular weight is 420 g/mol. The zero-order valence-electron chi connectivity index (χ0n) is 17.2. The van der Waals surface area contributed by atoms with Crippen molar-refractivity contribution in [3.05, 3.63) is 95.4 Å². The van der Waals surface area contributed by atoms with Crippen molar-refractivity contribution in [3.63, 3.8) is 0 Å². The van der Waals surface area contributed by atoms with E-state index in [1.54, 1.807) is 30.9 Å². The lowest BCUT2D eigenvalue weighted by atomic mass is 10.1. The molecule has 4 nitrogen and oxygen atoms in total. The van der Waals surface area contributed by atoms with E-state index < -0.39 is 0 Å². The van der Waals surface area contributed by atoms with Crippen molar-refractivity contribution in [3.8, 4) is 11.5 Å². The van der Waals surface area contributed by atoms with Gasteiger partial charge in [-0.15, -0.1) is 0 Å². The number of thioether (sulfide) groups is 1. The molecule has 3 aromatic rings. The van der Waals surface area contributed by atoms with Crippen molar-refractivity contribution in [2.45, 2.75) is 11.3 Å². The van der Waals surface area contributed by atoms with E-state index in [0.29, 0.717) is 24.5 Å². The van der Waals surface area contributed by atoms with Crippen molar-refractivity contribution < 1.29 is 14.3 Å². The molecule has 0 N–H and O–H groups in total. The monoisotopic (exact) mass is 419 g/mol. The second-order valence-electron chi connectivity index (χ2n) is 6.54. The smallest absolute Gasteiger partial charge is 0.214 e. The first-order valence-electron chi connectivity index (χ1n) is 9.65. The van der Waals surface area contributed by atoms with E-state index in [1.807, 2.05) is 72.1 Å². The van der Waals surface area contributed by atoms with Gasteiger partial charge in [0, 0.05) is 16.8 Å². The number of rotatable bonds is 10. The van der Waals surface area contributed by atoms with Gasteiger partial charge in [0.2, 0.25) is 6.41 Å². The Labute approximate surface area is 182 Å². The summed E-state index contributed by atoms with van der Waals surface area (Å²) in [6.07, 6.45) is 1.59. The third-order valence-electron chi connectivity index (χ3n) is 4.65. The van der Waals surface area contributed by atoms with Crippen LogP contribution in [-0.2, 0) is 11.2 Å². The molecule has 0 fully saturated rings. The van der Waals surface area contributed by atoms with Crippen molar-refractivity contribution >= 4 is 23.9 Å². The second kappa shape index (κ2) is 11.1. The molecule has 0 aliphatic carbocycles. The van der Waals surface area contributed by atoms with E-state index in [1.165, 1.54) is 0 Å². The molecule has 0 spiro atoms. The summed E-state index contributed by atoms with van der Waals surface area (Å²) in [5.41, 5.74) is 2.95. The highest BCUT2D eigenvalue weighted by atomic mass is 32.2. The maximum Gasteiger partial charge on any atom is 0.214 e. The molecular formula is C25H25NO3S. The Balaban J connectivity index is 1.81. The molecule has 0 unspecified atom stereocenters. The molecule has 5 heteroatoms. The van der Waals surface area contributed by atoms with Gasteiger partial charge in [-0.25, -0.2) is 0 Å². The summed E-state index contributed by atoms with van der Waals surface area (Å²) >= 11 is 1.60. The summed E-state index contributed by atoms with van der Waals surface area (Å²) in [6, 6.07) is 25.9. The van der Waals surface area contributed by atoms with Gasteiger partial charge in [-0.3, -0.25) is 4.79 Å². The second-order valence-corrected chi connectivity index (χ2v) is 7.48. The molecule has 1 amide bonds. The highest BCUT2D eigenvalue weighted by Gasteiger charge is 2.13. The summed E-state index contributed by atoms with van der Waals surface area (Å²) in [4.78, 5) is 14.9. The molecule has 0 heterocycles. The number of ether oxygens (including phenoxy) is 2. The van der Waals surface area contributed by atoms with E-state index in [2.05, 4.69) is 12.1 Å². The van der Waals surface area contributed by atoms with Crippen LogP contribution >= 0.6 is 11.8 Å². The minimum absolute atomic E-state index is 0.551. The first-order valence-corrected chi connectivity index (χ1v) is 10.5. The Bertz CT molecular complexity index is 974. The number of carbonyl (C=O) groups excluding carboxylic acids is 1. The minimum Gasteiger partial charge on any atom is -0.493 e. The summed E-state index contributed by atoms with van der Waals surface area (Å²) in [6.45, 7) is 0.551. The van der Waals surface area contributed by atoms with Gasteiger partial charge in [0.25, 0.3) is 0 Å². The van der Waals surface area contributed by atoms with Gasteiger partial charge in [-0.1, -0.05) is 66.4 Å². The van der Waals surface area contributed by atoms with Gasteiger partial charge in [-0.05, 0) is 41.8 Å². The molecular weight excluding hydrogens is 394 g/mol. The lowest BCUT2D eigenvalue weighted by Gasteiger charge is -2.22. The summed E-state index contributed by atoms with van der Waals surface area (Å²) in [5, 5.41) is 2.04. The highest BCUT2D eigenvalue weighted by Crippen LogP contribution is 2.29. The van der Waals surface area contributed by atoms with Gasteiger partial charge in [0.1, 0.15) is 0 Å². The lowest BCUT2D eigenvalue weighted by Crippen LogP contribution is -2.23. The van der Waals surface area contributed by atoms with Gasteiger partial charge >= 0.3 is 0 Å². The van der Waals surface area contributed by atoms with Crippen molar-refractivity contribution in [1.29, 1.82) is 0 Å². The molecule has 3 aromatic carbocycles. The number of carbonyl (C=O) groups is 1. The predicted octanol–water partition coefficient (Wildman–Crippen LogP) is 5.50. The summed E-state index contributed by atoms with van der Waals surface area (Å²) in [5.74, 6) is 1.38. The Morgan fingerprint density at radius 3 is 2.20 bits per heavy atom. The largest absolute Gasteiger partial charge is 0.493 e. The zero-order valence-corrected chi connectivity index (χ0v) is 18.0. The van der Waals surface area contributed by atoms with Crippen LogP contribution in [0.3, 0.4) is 0 Å². The van der Waals surface area contributed by atoms with Crippen molar-refractivity contribution in [1.82, 2.24) is 4.90 Å². The fourth-order valence-electron chi connectivity index (χ4n) is 3.05. The summed E-state index contributed by atoms with van der Waals surface area (Å²) in [7, 11) is 3.24. The maximum atomic E-state index is 12.0. The fraction of sp³-hybridized carbons (Fsp3) is 0.160. The summed E-state index contributed by atoms with van der Waals surface area (Å²) < 4.78 is 10.7. The van der Waals surface area contributed by atoms with Crippen molar-refractivity contribution in [2.75, 3.05) is 20.8 Å². The average Bonchev–Trinajstić information content (AvgIpc) is 2.82. The molecule has 0 aliphatic heterocycles. The number of hydrogen-bond donors (Lipinski definition) is 0. The Morgan fingerprint density at radius 2 is 1.57 bits per heavy atom. The zero-order chi connectivity index (χ0) is 21.2. The molecule has 154 valence electrons. The first kappa shape index (κ1) is 21.5. The van der Waals surface area contributed by atoms with E-state index in [9.17, 15) is 4.79 Å². The van der Waals surface area contributed by atoms with Crippen LogP contribution < -0.4 is 9.47 Å². The number of benzene rings is 3. The molecule has 0 saturated heterocycles. The number of methoxy groups -OCH3 is 2. The Kier molecular flexibility index (Phi) is 7.98. The SMILES string of the molecule is COc1ccc(CCN(C=O)/C(=C/Sc2ccccc2)c2ccccc2)cc1OC. The van der Waals surface area contributed by atoms with Crippen molar-refractivity contribution in [2.24, 2.45) is 0 Å². The van der Waals surface area contributed by atoms with E-state index in [-0.39, 0.29) is 0 Å². The van der Waals surface area contributed by atoms with E-state index in [0.717, 1.165) is 28.1 Å². The van der Waals surface area contributed by atoms with Crippen LogP contribution in [0.5, 0.6) is 11.5 Å². The van der Waals surface area contributed by atoms with Crippen LogP contribution in [-0.4, -0.2) is 32.1 Å². The predicted molar refractivity (Wildman–Crippen MR) is 123 cm³/mol. The molecule has 3 rings (SSSR count). The van der Waals surface area contributed by atoms with Crippen LogP contribution in [0.4, 0.5) is 0 Å².